The maximum Gasteiger partial charge on any atom is 0.0416 e. The van der Waals surface area contributed by atoms with Crippen molar-refractivity contribution in [1.82, 2.24) is 4.98 Å². The van der Waals surface area contributed by atoms with Crippen molar-refractivity contribution in [2.24, 2.45) is 0 Å². The van der Waals surface area contributed by atoms with E-state index >= 15 is 0 Å². The zero-order valence-electron chi connectivity index (χ0n) is 20.9. The molecule has 0 N–H and O–H groups in total. The van der Waals surface area contributed by atoms with Crippen molar-refractivity contribution in [1.29, 1.82) is 0 Å². The van der Waals surface area contributed by atoms with Gasteiger partial charge in [-0.15, -0.1) is 0 Å². The molecule has 178 valence electrons. The van der Waals surface area contributed by atoms with Crippen molar-refractivity contribution in [3.05, 3.63) is 144 Å². The summed E-state index contributed by atoms with van der Waals surface area (Å²) in [5, 5.41) is 6.79. The SMILES string of the molecule is Cc1cccc(C[C@@H]2c3ccc4ccccc4c3-c3c(ccc4ccccc34)CP2c2ccccc2)n1. The molecule has 1 aromatic heterocycles. The number of rotatable bonds is 3. The first-order valence-electron chi connectivity index (χ1n) is 13.0. The van der Waals surface area contributed by atoms with Gasteiger partial charge in [-0.25, -0.2) is 0 Å². The van der Waals surface area contributed by atoms with Gasteiger partial charge in [-0.2, -0.15) is 0 Å². The predicted octanol–water partition coefficient (Wildman–Crippen LogP) is 8.97. The topological polar surface area (TPSA) is 12.9 Å². The summed E-state index contributed by atoms with van der Waals surface area (Å²) in [6, 6.07) is 45.0. The number of nitrogens with zero attached hydrogens (tertiary/aromatic N) is 1. The molecule has 0 spiro atoms. The number of aryl methyl sites for hydroxylation is 1. The van der Waals surface area contributed by atoms with Gasteiger partial charge in [0.15, 0.2) is 0 Å². The Morgan fingerprint density at radius 1 is 0.649 bits per heavy atom. The van der Waals surface area contributed by atoms with E-state index in [2.05, 4.69) is 128 Å². The quantitative estimate of drug-likeness (QED) is 0.224. The van der Waals surface area contributed by atoms with Crippen molar-refractivity contribution < 1.29 is 0 Å². The molecule has 37 heavy (non-hydrogen) atoms. The number of pyridine rings is 1. The molecule has 5 aromatic carbocycles. The van der Waals surface area contributed by atoms with Crippen molar-refractivity contribution >= 4 is 34.8 Å². The monoisotopic (exact) mass is 493 g/mol. The summed E-state index contributed by atoms with van der Waals surface area (Å²) in [6.45, 7) is 2.10. The van der Waals surface area contributed by atoms with Gasteiger partial charge in [0.2, 0.25) is 0 Å². The van der Waals surface area contributed by atoms with E-state index in [1.54, 1.807) is 0 Å². The summed E-state index contributed by atoms with van der Waals surface area (Å²) < 4.78 is 0. The molecule has 2 heterocycles. The Morgan fingerprint density at radius 3 is 2.08 bits per heavy atom. The van der Waals surface area contributed by atoms with Gasteiger partial charge < -0.3 is 0 Å². The van der Waals surface area contributed by atoms with E-state index in [0.717, 1.165) is 18.3 Å². The molecule has 2 atom stereocenters. The van der Waals surface area contributed by atoms with Gasteiger partial charge in [-0.3, -0.25) is 4.98 Å². The number of benzene rings is 5. The Morgan fingerprint density at radius 2 is 1.32 bits per heavy atom. The third-order valence-corrected chi connectivity index (χ3v) is 10.6. The maximum absolute atomic E-state index is 4.97. The lowest BCUT2D eigenvalue weighted by atomic mass is 9.86. The van der Waals surface area contributed by atoms with Crippen LogP contribution in [-0.2, 0) is 12.6 Å². The fourth-order valence-corrected chi connectivity index (χ4v) is 8.98. The van der Waals surface area contributed by atoms with Crippen LogP contribution in [0.15, 0.2) is 121 Å². The fraction of sp³-hybridized carbons (Fsp3) is 0.114. The number of hydrogen-bond donors (Lipinski definition) is 0. The number of hydrogen-bond acceptors (Lipinski definition) is 1. The molecule has 0 bridgehead atoms. The molecule has 2 heteroatoms. The van der Waals surface area contributed by atoms with E-state index in [0.29, 0.717) is 5.66 Å². The molecule has 1 aliphatic heterocycles. The Balaban J connectivity index is 1.57. The van der Waals surface area contributed by atoms with Gasteiger partial charge in [0.1, 0.15) is 0 Å². The first-order chi connectivity index (χ1) is 18.3. The van der Waals surface area contributed by atoms with Crippen LogP contribution in [0.1, 0.15) is 28.2 Å². The van der Waals surface area contributed by atoms with Gasteiger partial charge in [-0.1, -0.05) is 117 Å². The summed E-state index contributed by atoms with van der Waals surface area (Å²) in [7, 11) is -0.514. The highest BCUT2D eigenvalue weighted by atomic mass is 31.1. The third kappa shape index (κ3) is 3.95. The van der Waals surface area contributed by atoms with Crippen molar-refractivity contribution in [2.45, 2.75) is 25.2 Å². The predicted molar refractivity (Wildman–Crippen MR) is 159 cm³/mol. The summed E-state index contributed by atoms with van der Waals surface area (Å²) in [5.41, 5.74) is 8.42. The van der Waals surface area contributed by atoms with Crippen LogP contribution in [0.4, 0.5) is 0 Å². The Labute approximate surface area is 219 Å². The van der Waals surface area contributed by atoms with Crippen LogP contribution in [0.5, 0.6) is 0 Å². The lowest BCUT2D eigenvalue weighted by Gasteiger charge is -2.28. The standard InChI is InChI=1S/C35H28NP/c1-24-10-9-13-28(36-24)22-33-32-21-20-26-12-6-8-17-31(26)35(32)34-27(19-18-25-11-5-7-16-30(25)34)23-37(33)29-14-3-2-4-15-29/h2-21,33H,22-23H2,1H3/t33-,37?/m1/s1. The van der Waals surface area contributed by atoms with E-state index in [1.165, 1.54) is 54.8 Å². The Bertz CT molecular complexity index is 1750. The average molecular weight is 494 g/mol. The number of aromatic nitrogens is 1. The minimum atomic E-state index is -0.514. The maximum atomic E-state index is 4.97. The highest BCUT2D eigenvalue weighted by Gasteiger charge is 2.33. The lowest BCUT2D eigenvalue weighted by molar-refractivity contribution is 0.875. The normalized spacial score (nSPS) is 16.8. The molecule has 0 amide bonds. The van der Waals surface area contributed by atoms with Gasteiger partial charge in [0.25, 0.3) is 0 Å². The van der Waals surface area contributed by atoms with Crippen LogP contribution in [0.25, 0.3) is 32.7 Å². The molecule has 0 fully saturated rings. The zero-order valence-corrected chi connectivity index (χ0v) is 21.8. The number of fused-ring (bicyclic) bond motifs is 7. The molecule has 1 aliphatic rings. The van der Waals surface area contributed by atoms with Crippen molar-refractivity contribution in [3.63, 3.8) is 0 Å². The minimum Gasteiger partial charge on any atom is -0.258 e. The summed E-state index contributed by atoms with van der Waals surface area (Å²) >= 11 is 0. The van der Waals surface area contributed by atoms with Crippen LogP contribution < -0.4 is 5.30 Å². The molecule has 1 unspecified atom stereocenters. The first kappa shape index (κ1) is 22.4. The van der Waals surface area contributed by atoms with Crippen LogP contribution in [0.2, 0.25) is 0 Å². The van der Waals surface area contributed by atoms with E-state index < -0.39 is 7.92 Å². The van der Waals surface area contributed by atoms with Crippen LogP contribution in [0, 0.1) is 6.92 Å². The molecule has 0 aliphatic carbocycles. The second-order valence-corrected chi connectivity index (χ2v) is 12.4. The van der Waals surface area contributed by atoms with Crippen LogP contribution in [-0.4, -0.2) is 4.98 Å². The zero-order chi connectivity index (χ0) is 24.8. The summed E-state index contributed by atoms with van der Waals surface area (Å²) in [4.78, 5) is 4.97. The van der Waals surface area contributed by atoms with E-state index in [9.17, 15) is 0 Å². The smallest absolute Gasteiger partial charge is 0.0416 e. The van der Waals surface area contributed by atoms with Gasteiger partial charge in [0.05, 0.1) is 0 Å². The minimum absolute atomic E-state index is 0.373. The molecule has 7 rings (SSSR count). The second kappa shape index (κ2) is 9.25. The summed E-state index contributed by atoms with van der Waals surface area (Å²) in [5.74, 6) is 0. The first-order valence-corrected chi connectivity index (χ1v) is 14.6. The fourth-order valence-electron chi connectivity index (χ4n) is 6.07. The molecule has 6 aromatic rings. The highest BCUT2D eigenvalue weighted by molar-refractivity contribution is 7.65. The van der Waals surface area contributed by atoms with Crippen LogP contribution in [0.3, 0.4) is 0 Å². The van der Waals surface area contributed by atoms with Crippen molar-refractivity contribution in [2.75, 3.05) is 0 Å². The molecule has 0 saturated carbocycles. The van der Waals surface area contributed by atoms with E-state index in [4.69, 9.17) is 4.98 Å². The Hall–Kier alpha value is -3.80. The largest absolute Gasteiger partial charge is 0.258 e. The molecule has 0 saturated heterocycles. The summed E-state index contributed by atoms with van der Waals surface area (Å²) in [6.07, 6.45) is 2.01. The second-order valence-electron chi connectivity index (χ2n) is 10.0. The van der Waals surface area contributed by atoms with Crippen LogP contribution >= 0.6 is 7.92 Å². The Kier molecular flexibility index (Phi) is 5.60. The van der Waals surface area contributed by atoms with E-state index in [1.807, 2.05) is 0 Å². The van der Waals surface area contributed by atoms with Gasteiger partial charge in [-0.05, 0) is 74.3 Å². The average Bonchev–Trinajstić information content (AvgIpc) is 3.08. The lowest BCUT2D eigenvalue weighted by Crippen LogP contribution is -2.12. The molecule has 0 radical (unpaired) electrons. The molecular weight excluding hydrogens is 465 g/mol. The molecule has 1 nitrogen and oxygen atoms in total. The third-order valence-electron chi connectivity index (χ3n) is 7.74. The van der Waals surface area contributed by atoms with Crippen molar-refractivity contribution in [3.8, 4) is 11.1 Å². The van der Waals surface area contributed by atoms with Gasteiger partial charge >= 0.3 is 0 Å². The van der Waals surface area contributed by atoms with Gasteiger partial charge in [0, 0.05) is 23.5 Å². The highest BCUT2D eigenvalue weighted by Crippen LogP contribution is 2.60. The molecular formula is C35H28NP. The van der Waals surface area contributed by atoms with E-state index in [-0.39, 0.29) is 0 Å².